The van der Waals surface area contributed by atoms with Gasteiger partial charge in [-0.05, 0) is 17.2 Å². The monoisotopic (exact) mass is 345 g/mol. The van der Waals surface area contributed by atoms with Crippen LogP contribution in [-0.4, -0.2) is 54.6 Å². The molecule has 2 heterocycles. The number of aliphatic hydroxyl groups is 1. The largest absolute Gasteiger partial charge is 0.466 e. The van der Waals surface area contributed by atoms with E-state index in [1.807, 2.05) is 6.07 Å². The van der Waals surface area contributed by atoms with Crippen molar-refractivity contribution in [3.63, 3.8) is 0 Å². The molecule has 0 fully saturated rings. The van der Waals surface area contributed by atoms with Crippen LogP contribution in [-0.2, 0) is 32.1 Å². The molecule has 1 aromatic carbocycles. The zero-order valence-corrected chi connectivity index (χ0v) is 13.8. The van der Waals surface area contributed by atoms with Crippen molar-refractivity contribution in [2.24, 2.45) is 0 Å². The minimum atomic E-state index is -0.589. The van der Waals surface area contributed by atoms with Gasteiger partial charge in [0.05, 0.1) is 32.3 Å². The predicted octanol–water partition coefficient (Wildman–Crippen LogP) is -0.468. The number of β-amino-alcohol motifs (C(OH)–C–C–N with tert-alkyl or cyclic N) is 1. The van der Waals surface area contributed by atoms with Gasteiger partial charge in [0.25, 0.3) is 5.91 Å². The molecule has 1 aromatic rings. The number of ether oxygens (including phenoxy) is 1. The quantitative estimate of drug-likeness (QED) is 0.623. The van der Waals surface area contributed by atoms with E-state index >= 15 is 0 Å². The normalized spacial score (nSPS) is 16.6. The molecule has 3 N–H and O–H groups in total. The van der Waals surface area contributed by atoms with Crippen LogP contribution in [0.2, 0.25) is 0 Å². The molecule has 0 radical (unpaired) electrons. The summed E-state index contributed by atoms with van der Waals surface area (Å²) in [6.07, 6.45) is 0.276. The van der Waals surface area contributed by atoms with Gasteiger partial charge in [-0.25, -0.2) is 4.79 Å². The van der Waals surface area contributed by atoms with Gasteiger partial charge in [0.15, 0.2) is 0 Å². The number of nitrogens with one attached hydrogen (secondary N) is 2. The molecule has 0 aromatic heterocycles. The van der Waals surface area contributed by atoms with E-state index in [2.05, 4.69) is 10.6 Å². The molecule has 0 saturated heterocycles. The van der Waals surface area contributed by atoms with Gasteiger partial charge in [0.2, 0.25) is 5.91 Å². The number of aliphatic hydroxyl groups excluding tert-OH is 1. The van der Waals surface area contributed by atoms with Crippen LogP contribution in [0.4, 0.5) is 5.69 Å². The van der Waals surface area contributed by atoms with Crippen molar-refractivity contribution >= 4 is 23.5 Å². The predicted molar refractivity (Wildman–Crippen MR) is 88.3 cm³/mol. The smallest absolute Gasteiger partial charge is 0.337 e. The van der Waals surface area contributed by atoms with Gasteiger partial charge < -0.3 is 25.4 Å². The molecule has 25 heavy (non-hydrogen) atoms. The van der Waals surface area contributed by atoms with Crippen molar-refractivity contribution in [1.29, 1.82) is 0 Å². The molecule has 0 unspecified atom stereocenters. The van der Waals surface area contributed by atoms with Crippen molar-refractivity contribution in [3.8, 4) is 0 Å². The van der Waals surface area contributed by atoms with Gasteiger partial charge in [-0.1, -0.05) is 12.1 Å². The van der Waals surface area contributed by atoms with E-state index in [0.29, 0.717) is 12.2 Å². The number of carbonyl (C=O) groups excluding carboxylic acids is 3. The Balaban J connectivity index is 1.94. The van der Waals surface area contributed by atoms with E-state index in [1.54, 1.807) is 12.1 Å². The molecule has 132 valence electrons. The molecule has 3 rings (SSSR count). The summed E-state index contributed by atoms with van der Waals surface area (Å²) in [5.41, 5.74) is 2.79. The minimum absolute atomic E-state index is 0.0508. The maximum atomic E-state index is 12.6. The molecule has 0 bridgehead atoms. The summed E-state index contributed by atoms with van der Waals surface area (Å²) in [7, 11) is 1.26. The van der Waals surface area contributed by atoms with Crippen LogP contribution in [0.1, 0.15) is 11.1 Å². The zero-order chi connectivity index (χ0) is 18.0. The fraction of sp³-hybridized carbons (Fsp3) is 0.353. The topological polar surface area (TPSA) is 108 Å². The number of hydrogen-bond acceptors (Lipinski definition) is 6. The molecule has 8 nitrogen and oxygen atoms in total. The Morgan fingerprint density at radius 1 is 1.40 bits per heavy atom. The number of nitrogens with zero attached hydrogens (tertiary/aromatic N) is 1. The molecule has 8 heteroatoms. The van der Waals surface area contributed by atoms with E-state index in [0.717, 1.165) is 11.1 Å². The first-order valence-electron chi connectivity index (χ1n) is 7.91. The number of carbonyl (C=O) groups is 3. The lowest BCUT2D eigenvalue weighted by Gasteiger charge is -2.21. The lowest BCUT2D eigenvalue weighted by atomic mass is 9.98. The maximum Gasteiger partial charge on any atom is 0.337 e. The van der Waals surface area contributed by atoms with Crippen LogP contribution in [0.15, 0.2) is 29.5 Å². The first-order valence-corrected chi connectivity index (χ1v) is 7.91. The number of benzene rings is 1. The third kappa shape index (κ3) is 3.20. The van der Waals surface area contributed by atoms with E-state index in [9.17, 15) is 14.4 Å². The van der Waals surface area contributed by atoms with Gasteiger partial charge in [-0.2, -0.15) is 0 Å². The number of rotatable bonds is 5. The summed E-state index contributed by atoms with van der Waals surface area (Å²) in [4.78, 5) is 37.5. The van der Waals surface area contributed by atoms with E-state index < -0.39 is 5.97 Å². The lowest BCUT2D eigenvalue weighted by molar-refractivity contribution is -0.136. The molecule has 2 aliphatic rings. The second-order valence-electron chi connectivity index (χ2n) is 5.82. The van der Waals surface area contributed by atoms with Crippen LogP contribution >= 0.6 is 0 Å². The highest BCUT2D eigenvalue weighted by molar-refractivity contribution is 6.08. The molecule has 0 aliphatic carbocycles. The first kappa shape index (κ1) is 17.0. The highest BCUT2D eigenvalue weighted by atomic mass is 16.5. The molecule has 2 aliphatic heterocycles. The van der Waals surface area contributed by atoms with E-state index in [-0.39, 0.29) is 49.2 Å². The van der Waals surface area contributed by atoms with Gasteiger partial charge >= 0.3 is 5.97 Å². The third-order valence-electron chi connectivity index (χ3n) is 4.30. The second-order valence-corrected chi connectivity index (χ2v) is 5.82. The molecular weight excluding hydrogens is 326 g/mol. The number of hydrogen-bond donors (Lipinski definition) is 3. The summed E-state index contributed by atoms with van der Waals surface area (Å²) < 4.78 is 4.77. The van der Waals surface area contributed by atoms with Crippen LogP contribution in [0.5, 0.6) is 0 Å². The van der Waals surface area contributed by atoms with Gasteiger partial charge in [-0.15, -0.1) is 0 Å². The van der Waals surface area contributed by atoms with Crippen LogP contribution < -0.4 is 10.6 Å². The van der Waals surface area contributed by atoms with Crippen molar-refractivity contribution in [3.05, 3.63) is 40.6 Å². The van der Waals surface area contributed by atoms with Crippen LogP contribution in [0.3, 0.4) is 0 Å². The second kappa shape index (κ2) is 6.94. The Bertz CT molecular complexity index is 772. The van der Waals surface area contributed by atoms with Crippen molar-refractivity contribution in [1.82, 2.24) is 10.2 Å². The average Bonchev–Trinajstić information content (AvgIpc) is 2.91. The standard InChI is InChI=1S/C17H19N3O5/c1-25-17(24)12-9-20(5-6-21)16(23)15(12)19-13-4-2-3-10-7-14(22)18-8-11(10)13/h2-4,19,21H,5-9H2,1H3,(H,18,22). The number of esters is 1. The number of anilines is 1. The Labute approximate surface area is 144 Å². The fourth-order valence-corrected chi connectivity index (χ4v) is 3.03. The highest BCUT2D eigenvalue weighted by Crippen LogP contribution is 2.28. The lowest BCUT2D eigenvalue weighted by Crippen LogP contribution is -2.32. The summed E-state index contributed by atoms with van der Waals surface area (Å²) in [6.45, 7) is 0.376. The number of fused-ring (bicyclic) bond motifs is 1. The summed E-state index contributed by atoms with van der Waals surface area (Å²) in [5.74, 6) is -1.01. The molecule has 2 amide bonds. The summed E-state index contributed by atoms with van der Waals surface area (Å²) >= 11 is 0. The van der Waals surface area contributed by atoms with Gasteiger partial charge in [0, 0.05) is 18.8 Å². The number of amides is 2. The van der Waals surface area contributed by atoms with Crippen LogP contribution in [0, 0.1) is 0 Å². The summed E-state index contributed by atoms with van der Waals surface area (Å²) in [5, 5.41) is 14.9. The number of methoxy groups -OCH3 is 1. The Morgan fingerprint density at radius 3 is 2.92 bits per heavy atom. The average molecular weight is 345 g/mol. The molecular formula is C17H19N3O5. The molecule has 0 saturated carbocycles. The molecule has 0 spiro atoms. The van der Waals surface area contributed by atoms with Crippen molar-refractivity contribution in [2.45, 2.75) is 13.0 Å². The Morgan fingerprint density at radius 2 is 2.20 bits per heavy atom. The third-order valence-corrected chi connectivity index (χ3v) is 4.30. The van der Waals surface area contributed by atoms with Crippen LogP contribution in [0.25, 0.3) is 0 Å². The summed E-state index contributed by atoms with van der Waals surface area (Å²) in [6, 6.07) is 5.45. The van der Waals surface area contributed by atoms with Gasteiger partial charge in [0.1, 0.15) is 5.70 Å². The SMILES string of the molecule is COC(=O)C1=C(Nc2cccc3c2CNC(=O)C3)C(=O)N(CCO)C1. The highest BCUT2D eigenvalue weighted by Gasteiger charge is 2.35. The fourth-order valence-electron chi connectivity index (χ4n) is 3.03. The Kier molecular flexibility index (Phi) is 4.71. The maximum absolute atomic E-state index is 12.6. The van der Waals surface area contributed by atoms with Crippen molar-refractivity contribution < 1.29 is 24.2 Å². The zero-order valence-electron chi connectivity index (χ0n) is 13.8. The first-order chi connectivity index (χ1) is 12.0. The molecule has 0 atom stereocenters. The van der Waals surface area contributed by atoms with Crippen molar-refractivity contribution in [2.75, 3.05) is 32.1 Å². The van der Waals surface area contributed by atoms with Gasteiger partial charge in [-0.3, -0.25) is 9.59 Å². The minimum Gasteiger partial charge on any atom is -0.466 e. The van der Waals surface area contributed by atoms with E-state index in [1.165, 1.54) is 12.0 Å². The Hall–Kier alpha value is -2.87. The van der Waals surface area contributed by atoms with E-state index in [4.69, 9.17) is 9.84 Å².